The van der Waals surface area contributed by atoms with E-state index in [0.29, 0.717) is 35.4 Å². The number of alkyl carbamates (subject to hydrolysis) is 1. The van der Waals surface area contributed by atoms with Crippen molar-refractivity contribution < 1.29 is 14.3 Å². The number of anilines is 3. The molecule has 35 heavy (non-hydrogen) atoms. The predicted octanol–water partition coefficient (Wildman–Crippen LogP) is 4.48. The van der Waals surface area contributed by atoms with Crippen molar-refractivity contribution in [2.24, 2.45) is 0 Å². The first kappa shape index (κ1) is 26.5. The van der Waals surface area contributed by atoms with Gasteiger partial charge >= 0.3 is 6.09 Å². The van der Waals surface area contributed by atoms with E-state index >= 15 is 0 Å². The SMILES string of the molecule is CC(C)(C)OC(=O)NCCCCCNc1nc(Cl)ccc1C(=O)Nc1ccc(N2CCCC2)nn1. The first-order valence-corrected chi connectivity index (χ1v) is 12.4. The molecule has 2 aromatic rings. The van der Waals surface area contributed by atoms with Gasteiger partial charge in [0.25, 0.3) is 5.91 Å². The van der Waals surface area contributed by atoms with Crippen LogP contribution in [-0.4, -0.2) is 59.0 Å². The Morgan fingerprint density at radius 2 is 1.77 bits per heavy atom. The van der Waals surface area contributed by atoms with Crippen molar-refractivity contribution in [2.45, 2.75) is 58.5 Å². The summed E-state index contributed by atoms with van der Waals surface area (Å²) in [6.07, 6.45) is 4.41. The van der Waals surface area contributed by atoms with Gasteiger partial charge in [-0.2, -0.15) is 0 Å². The topological polar surface area (TPSA) is 121 Å². The molecular formula is C24H34ClN7O3. The van der Waals surface area contributed by atoms with Crippen LogP contribution in [0.5, 0.6) is 0 Å². The quantitative estimate of drug-likeness (QED) is 0.320. The number of unbranched alkanes of at least 4 members (excludes halogenated alkanes) is 2. The van der Waals surface area contributed by atoms with Gasteiger partial charge in [0, 0.05) is 26.2 Å². The predicted molar refractivity (Wildman–Crippen MR) is 137 cm³/mol. The second kappa shape index (κ2) is 12.5. The Bertz CT molecular complexity index is 990. The molecule has 1 fully saturated rings. The summed E-state index contributed by atoms with van der Waals surface area (Å²) >= 11 is 6.06. The summed E-state index contributed by atoms with van der Waals surface area (Å²) in [6, 6.07) is 6.82. The number of hydrogen-bond acceptors (Lipinski definition) is 8. The highest BCUT2D eigenvalue weighted by molar-refractivity contribution is 6.29. The van der Waals surface area contributed by atoms with Gasteiger partial charge < -0.3 is 25.6 Å². The number of ether oxygens (including phenoxy) is 1. The summed E-state index contributed by atoms with van der Waals surface area (Å²) in [6.45, 7) is 8.58. The third-order valence-corrected chi connectivity index (χ3v) is 5.45. The maximum atomic E-state index is 12.9. The molecule has 0 unspecified atom stereocenters. The number of pyridine rings is 1. The number of hydrogen-bond donors (Lipinski definition) is 3. The highest BCUT2D eigenvalue weighted by atomic mass is 35.5. The number of carbonyl (C=O) groups is 2. The molecule has 2 amide bonds. The maximum absolute atomic E-state index is 12.9. The molecule has 3 rings (SSSR count). The Kier molecular flexibility index (Phi) is 9.47. The van der Waals surface area contributed by atoms with Gasteiger partial charge in [-0.15, -0.1) is 10.2 Å². The standard InChI is InChI=1S/C24H34ClN7O3/c1-24(2,3)35-23(34)27-14-6-4-5-13-26-21-17(9-10-18(25)28-21)22(33)29-19-11-12-20(31-30-19)32-15-7-8-16-32/h9-12H,4-8,13-16H2,1-3H3,(H,26,28)(H,27,34)(H,29,30,33). The molecule has 2 aromatic heterocycles. The molecule has 0 atom stereocenters. The Hall–Kier alpha value is -3.14. The van der Waals surface area contributed by atoms with Crippen LogP contribution < -0.4 is 20.9 Å². The smallest absolute Gasteiger partial charge is 0.407 e. The number of amides is 2. The van der Waals surface area contributed by atoms with Crippen molar-refractivity contribution in [3.8, 4) is 0 Å². The number of nitrogens with one attached hydrogen (secondary N) is 3. The fraction of sp³-hybridized carbons (Fsp3) is 0.542. The molecule has 1 aliphatic heterocycles. The molecule has 0 saturated carbocycles. The van der Waals surface area contributed by atoms with E-state index in [9.17, 15) is 9.59 Å². The third kappa shape index (κ3) is 8.86. The fourth-order valence-corrected chi connectivity index (χ4v) is 3.73. The van der Waals surface area contributed by atoms with E-state index < -0.39 is 11.7 Å². The lowest BCUT2D eigenvalue weighted by molar-refractivity contribution is 0.0527. The Balaban J connectivity index is 1.45. The molecule has 0 bridgehead atoms. The van der Waals surface area contributed by atoms with Gasteiger partial charge in [-0.25, -0.2) is 9.78 Å². The lowest BCUT2D eigenvalue weighted by atomic mass is 10.2. The van der Waals surface area contributed by atoms with Crippen LogP contribution >= 0.6 is 11.6 Å². The highest BCUT2D eigenvalue weighted by Gasteiger charge is 2.17. The molecule has 1 aliphatic rings. The van der Waals surface area contributed by atoms with Gasteiger partial charge in [-0.3, -0.25) is 4.79 Å². The summed E-state index contributed by atoms with van der Waals surface area (Å²) in [5, 5.41) is 17.4. The molecule has 3 heterocycles. The van der Waals surface area contributed by atoms with Crippen LogP contribution in [0.25, 0.3) is 0 Å². The van der Waals surface area contributed by atoms with Gasteiger partial charge in [-0.05, 0) is 77.1 Å². The van der Waals surface area contributed by atoms with Crippen molar-refractivity contribution in [2.75, 3.05) is 41.7 Å². The molecule has 190 valence electrons. The molecule has 0 aromatic carbocycles. The van der Waals surface area contributed by atoms with Crippen molar-refractivity contribution >= 4 is 41.1 Å². The number of carbonyl (C=O) groups excluding carboxylic acids is 2. The van der Waals surface area contributed by atoms with Gasteiger partial charge in [0.2, 0.25) is 0 Å². The van der Waals surface area contributed by atoms with Crippen molar-refractivity contribution in [3.05, 3.63) is 35.0 Å². The Morgan fingerprint density at radius 3 is 2.46 bits per heavy atom. The molecule has 1 saturated heterocycles. The lowest BCUT2D eigenvalue weighted by Gasteiger charge is -2.19. The molecule has 11 heteroatoms. The number of halogens is 1. The summed E-state index contributed by atoms with van der Waals surface area (Å²) < 4.78 is 5.21. The van der Waals surface area contributed by atoms with E-state index in [1.807, 2.05) is 26.8 Å². The van der Waals surface area contributed by atoms with E-state index in [1.165, 1.54) is 0 Å². The van der Waals surface area contributed by atoms with E-state index in [4.69, 9.17) is 16.3 Å². The highest BCUT2D eigenvalue weighted by Crippen LogP contribution is 2.20. The first-order chi connectivity index (χ1) is 16.7. The summed E-state index contributed by atoms with van der Waals surface area (Å²) in [5.74, 6) is 1.25. The van der Waals surface area contributed by atoms with Crippen LogP contribution in [0.1, 0.15) is 63.2 Å². The number of aromatic nitrogens is 3. The monoisotopic (exact) mass is 503 g/mol. The number of rotatable bonds is 10. The van der Waals surface area contributed by atoms with Crippen molar-refractivity contribution in [1.82, 2.24) is 20.5 Å². The second-order valence-electron chi connectivity index (χ2n) is 9.37. The van der Waals surface area contributed by atoms with E-state index in [-0.39, 0.29) is 5.91 Å². The zero-order valence-electron chi connectivity index (χ0n) is 20.6. The van der Waals surface area contributed by atoms with Crippen LogP contribution in [0.15, 0.2) is 24.3 Å². The van der Waals surface area contributed by atoms with E-state index in [0.717, 1.165) is 51.0 Å². The van der Waals surface area contributed by atoms with Crippen LogP contribution in [0, 0.1) is 0 Å². The minimum atomic E-state index is -0.508. The van der Waals surface area contributed by atoms with Crippen molar-refractivity contribution in [1.29, 1.82) is 0 Å². The molecule has 0 radical (unpaired) electrons. The molecule has 3 N–H and O–H groups in total. The summed E-state index contributed by atoms with van der Waals surface area (Å²) in [4.78, 5) is 31.0. The third-order valence-electron chi connectivity index (χ3n) is 5.24. The van der Waals surface area contributed by atoms with Crippen LogP contribution in [0.4, 0.5) is 22.2 Å². The normalized spacial score (nSPS) is 13.4. The van der Waals surface area contributed by atoms with Gasteiger partial charge in [-0.1, -0.05) is 11.6 Å². The fourth-order valence-electron chi connectivity index (χ4n) is 3.58. The van der Waals surface area contributed by atoms with E-state index in [2.05, 4.69) is 36.0 Å². The molecule has 0 aliphatic carbocycles. The second-order valence-corrected chi connectivity index (χ2v) is 9.76. The lowest BCUT2D eigenvalue weighted by Crippen LogP contribution is -2.33. The molecule has 0 spiro atoms. The average molecular weight is 504 g/mol. The van der Waals surface area contributed by atoms with Crippen LogP contribution in [0.2, 0.25) is 5.15 Å². The van der Waals surface area contributed by atoms with Gasteiger partial charge in [0.1, 0.15) is 16.6 Å². The minimum absolute atomic E-state index is 0.292. The molecular weight excluding hydrogens is 470 g/mol. The first-order valence-electron chi connectivity index (χ1n) is 12.0. The summed E-state index contributed by atoms with van der Waals surface area (Å²) in [5.41, 5.74) is -0.141. The van der Waals surface area contributed by atoms with Crippen LogP contribution in [0.3, 0.4) is 0 Å². The minimum Gasteiger partial charge on any atom is -0.444 e. The zero-order chi connectivity index (χ0) is 25.3. The Morgan fingerprint density at radius 1 is 1.03 bits per heavy atom. The van der Waals surface area contributed by atoms with E-state index in [1.54, 1.807) is 18.2 Å². The zero-order valence-corrected chi connectivity index (χ0v) is 21.3. The largest absolute Gasteiger partial charge is 0.444 e. The number of nitrogens with zero attached hydrogens (tertiary/aromatic N) is 4. The summed E-state index contributed by atoms with van der Waals surface area (Å²) in [7, 11) is 0. The van der Waals surface area contributed by atoms with Crippen LogP contribution in [-0.2, 0) is 4.74 Å². The molecule has 10 nitrogen and oxygen atoms in total. The average Bonchev–Trinajstić information content (AvgIpc) is 3.33. The Labute approximate surface area is 211 Å². The van der Waals surface area contributed by atoms with Crippen molar-refractivity contribution in [3.63, 3.8) is 0 Å². The van der Waals surface area contributed by atoms with Gasteiger partial charge in [0.05, 0.1) is 5.56 Å². The van der Waals surface area contributed by atoms with Gasteiger partial charge in [0.15, 0.2) is 11.6 Å². The maximum Gasteiger partial charge on any atom is 0.407 e.